The molecule has 1 aromatic heterocycles. The number of nitrogens with zero attached hydrogens (tertiary/aromatic N) is 3. The van der Waals surface area contributed by atoms with E-state index in [4.69, 9.17) is 0 Å². The lowest BCUT2D eigenvalue weighted by molar-refractivity contribution is 0.664. The molecule has 0 amide bonds. The highest BCUT2D eigenvalue weighted by Crippen LogP contribution is 2.13. The molecule has 0 unspecified atom stereocenters. The molecular weight excluding hydrogens is 164 g/mol. The van der Waals surface area contributed by atoms with Crippen LogP contribution in [0.3, 0.4) is 0 Å². The molecule has 4 nitrogen and oxygen atoms in total. The molecule has 0 aliphatic rings. The van der Waals surface area contributed by atoms with Crippen molar-refractivity contribution in [2.45, 2.75) is 6.54 Å². The molecule has 1 aromatic carbocycles. The van der Waals surface area contributed by atoms with Gasteiger partial charge in [0.15, 0.2) is 0 Å². The minimum atomic E-state index is 0.829. The van der Waals surface area contributed by atoms with Gasteiger partial charge in [-0.15, -0.1) is 0 Å². The van der Waals surface area contributed by atoms with Crippen molar-refractivity contribution in [2.75, 3.05) is 7.05 Å². The monoisotopic (exact) mass is 176 g/mol. The highest BCUT2D eigenvalue weighted by molar-refractivity contribution is 5.77. The van der Waals surface area contributed by atoms with Crippen molar-refractivity contribution in [3.63, 3.8) is 0 Å². The molecule has 0 spiro atoms. The second kappa shape index (κ2) is 3.14. The summed E-state index contributed by atoms with van der Waals surface area (Å²) in [7, 11) is 3.76. The summed E-state index contributed by atoms with van der Waals surface area (Å²) >= 11 is 0. The number of hydrogen-bond donors (Lipinski definition) is 1. The zero-order valence-electron chi connectivity index (χ0n) is 7.78. The van der Waals surface area contributed by atoms with Crippen LogP contribution >= 0.6 is 0 Å². The molecule has 2 aromatic rings. The third-order valence-electron chi connectivity index (χ3n) is 1.96. The zero-order chi connectivity index (χ0) is 9.26. The van der Waals surface area contributed by atoms with E-state index >= 15 is 0 Å². The number of aromatic nitrogens is 3. The second-order valence-electron chi connectivity index (χ2n) is 3.00. The highest BCUT2D eigenvalue weighted by Gasteiger charge is 2.04. The second-order valence-corrected chi connectivity index (χ2v) is 3.00. The van der Waals surface area contributed by atoms with Crippen molar-refractivity contribution in [2.24, 2.45) is 7.05 Å². The topological polar surface area (TPSA) is 42.7 Å². The molecule has 1 N–H and O–H groups in total. The van der Waals surface area contributed by atoms with Gasteiger partial charge in [0.25, 0.3) is 0 Å². The summed E-state index contributed by atoms with van der Waals surface area (Å²) in [6.07, 6.45) is 0. The molecule has 0 bridgehead atoms. The normalized spacial score (nSPS) is 10.9. The minimum Gasteiger partial charge on any atom is -0.316 e. The fraction of sp³-hybridized carbons (Fsp3) is 0.333. The van der Waals surface area contributed by atoms with Crippen LogP contribution in [-0.4, -0.2) is 22.0 Å². The highest BCUT2D eigenvalue weighted by atomic mass is 15.4. The van der Waals surface area contributed by atoms with Crippen LogP contribution in [0.1, 0.15) is 5.56 Å². The smallest absolute Gasteiger partial charge is 0.117 e. The van der Waals surface area contributed by atoms with Crippen LogP contribution in [0.4, 0.5) is 0 Å². The molecule has 0 aliphatic carbocycles. The maximum absolute atomic E-state index is 4.30. The molecule has 0 atom stereocenters. The van der Waals surface area contributed by atoms with Crippen molar-refractivity contribution in [3.8, 4) is 0 Å². The summed E-state index contributed by atoms with van der Waals surface area (Å²) in [5.41, 5.74) is 3.13. The molecule has 0 aliphatic heterocycles. The van der Waals surface area contributed by atoms with Gasteiger partial charge in [-0.3, -0.25) is 0 Å². The Labute approximate surface area is 76.6 Å². The van der Waals surface area contributed by atoms with Crippen LogP contribution in [0.2, 0.25) is 0 Å². The van der Waals surface area contributed by atoms with Gasteiger partial charge in [-0.05, 0) is 18.7 Å². The van der Waals surface area contributed by atoms with E-state index in [0.29, 0.717) is 0 Å². The Hall–Kier alpha value is -1.42. The van der Waals surface area contributed by atoms with Crippen LogP contribution in [-0.2, 0) is 13.6 Å². The van der Waals surface area contributed by atoms with Crippen LogP contribution in [0.25, 0.3) is 11.0 Å². The molecule has 0 radical (unpaired) electrons. The summed E-state index contributed by atoms with van der Waals surface area (Å²) in [5.74, 6) is 0. The van der Waals surface area contributed by atoms with Gasteiger partial charge >= 0.3 is 0 Å². The summed E-state index contributed by atoms with van der Waals surface area (Å²) in [5, 5.41) is 11.6. The minimum absolute atomic E-state index is 0.829. The Balaban J connectivity index is 2.60. The Kier molecular flexibility index (Phi) is 1.98. The number of hydrogen-bond acceptors (Lipinski definition) is 3. The molecule has 1 heterocycles. The molecule has 0 saturated heterocycles. The van der Waals surface area contributed by atoms with E-state index in [0.717, 1.165) is 17.6 Å². The van der Waals surface area contributed by atoms with Crippen LogP contribution < -0.4 is 5.32 Å². The van der Waals surface area contributed by atoms with Gasteiger partial charge in [0, 0.05) is 13.6 Å². The maximum atomic E-state index is 4.30. The Morgan fingerprint density at radius 2 is 2.23 bits per heavy atom. The fourth-order valence-electron chi connectivity index (χ4n) is 1.43. The van der Waals surface area contributed by atoms with Crippen LogP contribution in [0.15, 0.2) is 18.2 Å². The Morgan fingerprint density at radius 3 is 3.00 bits per heavy atom. The Bertz CT molecular complexity index is 418. The summed E-state index contributed by atoms with van der Waals surface area (Å²) in [6.45, 7) is 0.829. The van der Waals surface area contributed by atoms with E-state index in [1.165, 1.54) is 5.56 Å². The molecule has 0 saturated carbocycles. The molecule has 13 heavy (non-hydrogen) atoms. The fourth-order valence-corrected chi connectivity index (χ4v) is 1.43. The molecule has 0 fully saturated rings. The first-order chi connectivity index (χ1) is 6.31. The van der Waals surface area contributed by atoms with Crippen molar-refractivity contribution < 1.29 is 0 Å². The number of fused-ring (bicyclic) bond motifs is 1. The van der Waals surface area contributed by atoms with Gasteiger partial charge in [-0.1, -0.05) is 12.1 Å². The van der Waals surface area contributed by atoms with Crippen molar-refractivity contribution in [1.82, 2.24) is 20.3 Å². The van der Waals surface area contributed by atoms with Crippen molar-refractivity contribution in [1.29, 1.82) is 0 Å². The zero-order valence-corrected chi connectivity index (χ0v) is 7.78. The largest absolute Gasteiger partial charge is 0.316 e. The lowest BCUT2D eigenvalue weighted by atomic mass is 10.2. The molecule has 68 valence electrons. The number of nitrogens with one attached hydrogen (secondary N) is 1. The SMILES string of the molecule is CNCc1cccc2nn(C)nc12. The van der Waals surface area contributed by atoms with E-state index in [-0.39, 0.29) is 0 Å². The van der Waals surface area contributed by atoms with Crippen LogP contribution in [0, 0.1) is 0 Å². The van der Waals surface area contributed by atoms with Gasteiger partial charge in [0.05, 0.1) is 0 Å². The third-order valence-corrected chi connectivity index (χ3v) is 1.96. The van der Waals surface area contributed by atoms with Gasteiger partial charge in [0.1, 0.15) is 11.0 Å². The lowest BCUT2D eigenvalue weighted by Crippen LogP contribution is -2.05. The van der Waals surface area contributed by atoms with Gasteiger partial charge in [-0.25, -0.2) is 0 Å². The first-order valence-corrected chi connectivity index (χ1v) is 4.25. The number of benzene rings is 1. The number of rotatable bonds is 2. The van der Waals surface area contributed by atoms with E-state index in [9.17, 15) is 0 Å². The lowest BCUT2D eigenvalue weighted by Gasteiger charge is -1.98. The summed E-state index contributed by atoms with van der Waals surface area (Å²) in [4.78, 5) is 1.60. The van der Waals surface area contributed by atoms with Crippen molar-refractivity contribution in [3.05, 3.63) is 23.8 Å². The summed E-state index contributed by atoms with van der Waals surface area (Å²) in [6, 6.07) is 6.04. The van der Waals surface area contributed by atoms with E-state index < -0.39 is 0 Å². The quantitative estimate of drug-likeness (QED) is 0.732. The average molecular weight is 176 g/mol. The van der Waals surface area contributed by atoms with E-state index in [2.05, 4.69) is 21.6 Å². The van der Waals surface area contributed by atoms with Crippen LogP contribution in [0.5, 0.6) is 0 Å². The number of aryl methyl sites for hydroxylation is 1. The standard InChI is InChI=1S/C9H12N4/c1-10-6-7-4-3-5-8-9(7)12-13(2)11-8/h3-5,10H,6H2,1-2H3. The Morgan fingerprint density at radius 1 is 1.38 bits per heavy atom. The first-order valence-electron chi connectivity index (χ1n) is 4.25. The van der Waals surface area contributed by atoms with E-state index in [1.807, 2.05) is 26.2 Å². The molecular formula is C9H12N4. The molecule has 2 rings (SSSR count). The summed E-state index contributed by atoms with van der Waals surface area (Å²) < 4.78 is 0. The van der Waals surface area contributed by atoms with Crippen molar-refractivity contribution >= 4 is 11.0 Å². The predicted molar refractivity (Wildman–Crippen MR) is 51.3 cm³/mol. The third kappa shape index (κ3) is 1.40. The first kappa shape index (κ1) is 8.19. The van der Waals surface area contributed by atoms with Gasteiger partial charge in [0.2, 0.25) is 0 Å². The van der Waals surface area contributed by atoms with E-state index in [1.54, 1.807) is 4.80 Å². The predicted octanol–water partition coefficient (Wildman–Crippen LogP) is 0.688. The maximum Gasteiger partial charge on any atom is 0.117 e. The average Bonchev–Trinajstić information content (AvgIpc) is 2.47. The van der Waals surface area contributed by atoms with Gasteiger partial charge in [-0.2, -0.15) is 15.0 Å². The molecule has 4 heteroatoms. The van der Waals surface area contributed by atoms with Gasteiger partial charge < -0.3 is 5.32 Å².